The number of nitrogens with two attached hydrogens (primary N) is 1. The van der Waals surface area contributed by atoms with E-state index in [1.807, 2.05) is 0 Å². The molecule has 0 aliphatic carbocycles. The van der Waals surface area contributed by atoms with E-state index in [0.29, 0.717) is 32.5 Å². The minimum absolute atomic E-state index is 0.0542. The van der Waals surface area contributed by atoms with Crippen LogP contribution in [0.3, 0.4) is 0 Å². The molecule has 0 bridgehead atoms. The Labute approximate surface area is 102 Å². The first-order chi connectivity index (χ1) is 7.85. The van der Waals surface area contributed by atoms with E-state index in [1.54, 1.807) is 20.8 Å². The Morgan fingerprint density at radius 3 is 2.29 bits per heavy atom. The molecule has 0 aromatic heterocycles. The third kappa shape index (κ3) is 11.0. The van der Waals surface area contributed by atoms with Crippen molar-refractivity contribution in [2.24, 2.45) is 5.73 Å². The lowest BCUT2D eigenvalue weighted by atomic mass is 10.2. The fraction of sp³-hybridized carbons (Fsp3) is 0.818. The normalized spacial score (nSPS) is 10.8. The van der Waals surface area contributed by atoms with Crippen molar-refractivity contribution in [2.45, 2.75) is 39.2 Å². The number of carbonyl (C=O) groups excluding carboxylic acids is 2. The van der Waals surface area contributed by atoms with Crippen LogP contribution in [0.25, 0.3) is 0 Å². The molecular formula is C11H23N3O3. The lowest BCUT2D eigenvalue weighted by Crippen LogP contribution is -2.37. The van der Waals surface area contributed by atoms with Gasteiger partial charge in [-0.2, -0.15) is 0 Å². The van der Waals surface area contributed by atoms with Crippen LogP contribution in [0.4, 0.5) is 4.79 Å². The van der Waals surface area contributed by atoms with E-state index < -0.39 is 11.7 Å². The molecule has 0 aromatic carbocycles. The minimum Gasteiger partial charge on any atom is -0.444 e. The van der Waals surface area contributed by atoms with Crippen LogP contribution < -0.4 is 16.4 Å². The maximum Gasteiger partial charge on any atom is 0.407 e. The van der Waals surface area contributed by atoms with Crippen LogP contribution in [0.5, 0.6) is 0 Å². The highest BCUT2D eigenvalue weighted by Crippen LogP contribution is 2.05. The summed E-state index contributed by atoms with van der Waals surface area (Å²) in [5.74, 6) is -0.0542. The van der Waals surface area contributed by atoms with Gasteiger partial charge in [0.25, 0.3) is 0 Å². The van der Waals surface area contributed by atoms with Gasteiger partial charge in [0.15, 0.2) is 0 Å². The smallest absolute Gasteiger partial charge is 0.407 e. The highest BCUT2D eigenvalue weighted by atomic mass is 16.6. The van der Waals surface area contributed by atoms with Crippen molar-refractivity contribution in [1.29, 1.82) is 0 Å². The van der Waals surface area contributed by atoms with Gasteiger partial charge in [0.05, 0.1) is 0 Å². The first kappa shape index (κ1) is 15.7. The molecule has 0 heterocycles. The first-order valence-electron chi connectivity index (χ1n) is 5.79. The van der Waals surface area contributed by atoms with Crippen molar-refractivity contribution < 1.29 is 14.3 Å². The van der Waals surface area contributed by atoms with Crippen molar-refractivity contribution >= 4 is 12.0 Å². The number of rotatable bonds is 6. The number of carbonyl (C=O) groups is 2. The lowest BCUT2D eigenvalue weighted by Gasteiger charge is -2.19. The molecule has 17 heavy (non-hydrogen) atoms. The van der Waals surface area contributed by atoms with Crippen LogP contribution in [0, 0.1) is 0 Å². The molecule has 0 unspecified atom stereocenters. The van der Waals surface area contributed by atoms with Crippen molar-refractivity contribution in [2.75, 3.05) is 19.6 Å². The average Bonchev–Trinajstić information content (AvgIpc) is 2.19. The van der Waals surface area contributed by atoms with Gasteiger partial charge in [-0.3, -0.25) is 4.79 Å². The number of ether oxygens (including phenoxy) is 1. The highest BCUT2D eigenvalue weighted by Gasteiger charge is 2.15. The maximum absolute atomic E-state index is 11.2. The van der Waals surface area contributed by atoms with Crippen molar-refractivity contribution in [3.8, 4) is 0 Å². The Hall–Kier alpha value is -1.30. The van der Waals surface area contributed by atoms with Crippen molar-refractivity contribution in [1.82, 2.24) is 10.6 Å². The minimum atomic E-state index is -0.505. The summed E-state index contributed by atoms with van der Waals surface area (Å²) in [7, 11) is 0. The van der Waals surface area contributed by atoms with Gasteiger partial charge < -0.3 is 21.1 Å². The second kappa shape index (κ2) is 7.89. The van der Waals surface area contributed by atoms with Crippen LogP contribution in [0.2, 0.25) is 0 Å². The molecule has 0 aliphatic rings. The molecule has 2 amide bonds. The molecule has 0 rings (SSSR count). The molecule has 6 nitrogen and oxygen atoms in total. The average molecular weight is 245 g/mol. The molecular weight excluding hydrogens is 222 g/mol. The van der Waals surface area contributed by atoms with Crippen LogP contribution in [-0.2, 0) is 9.53 Å². The van der Waals surface area contributed by atoms with Gasteiger partial charge in [0.1, 0.15) is 5.60 Å². The second-order valence-corrected chi connectivity index (χ2v) is 4.67. The summed E-state index contributed by atoms with van der Waals surface area (Å²) in [6, 6.07) is 0. The molecule has 0 atom stereocenters. The van der Waals surface area contributed by atoms with E-state index in [0.717, 1.165) is 0 Å². The quantitative estimate of drug-likeness (QED) is 0.589. The monoisotopic (exact) mass is 245 g/mol. The zero-order valence-corrected chi connectivity index (χ0v) is 10.8. The van der Waals surface area contributed by atoms with Crippen molar-refractivity contribution in [3.63, 3.8) is 0 Å². The van der Waals surface area contributed by atoms with E-state index in [2.05, 4.69) is 10.6 Å². The van der Waals surface area contributed by atoms with Gasteiger partial charge >= 0.3 is 6.09 Å². The Morgan fingerprint density at radius 2 is 1.76 bits per heavy atom. The second-order valence-electron chi connectivity index (χ2n) is 4.67. The number of amides is 2. The van der Waals surface area contributed by atoms with Gasteiger partial charge in [-0.15, -0.1) is 0 Å². The predicted octanol–water partition coefficient (Wildman–Crippen LogP) is 0.366. The van der Waals surface area contributed by atoms with Gasteiger partial charge in [-0.1, -0.05) is 0 Å². The largest absolute Gasteiger partial charge is 0.444 e. The topological polar surface area (TPSA) is 93.5 Å². The fourth-order valence-electron chi connectivity index (χ4n) is 1.03. The molecule has 0 aromatic rings. The lowest BCUT2D eigenvalue weighted by molar-refractivity contribution is -0.121. The number of hydrogen-bond donors (Lipinski definition) is 3. The van der Waals surface area contributed by atoms with Gasteiger partial charge in [0.2, 0.25) is 5.91 Å². The first-order valence-corrected chi connectivity index (χ1v) is 5.79. The molecule has 0 aliphatic heterocycles. The molecule has 6 heteroatoms. The van der Waals surface area contributed by atoms with Gasteiger partial charge in [0, 0.05) is 19.5 Å². The van der Waals surface area contributed by atoms with E-state index in [-0.39, 0.29) is 5.91 Å². The van der Waals surface area contributed by atoms with Crippen LogP contribution in [-0.4, -0.2) is 37.2 Å². The summed E-state index contributed by atoms with van der Waals surface area (Å²) >= 11 is 0. The summed E-state index contributed by atoms with van der Waals surface area (Å²) in [5, 5.41) is 5.22. The molecule has 0 saturated carbocycles. The van der Waals surface area contributed by atoms with Crippen LogP contribution in [0.1, 0.15) is 33.6 Å². The molecule has 4 N–H and O–H groups in total. The summed E-state index contributed by atoms with van der Waals surface area (Å²) < 4.78 is 5.03. The Balaban J connectivity index is 3.51. The Bertz CT molecular complexity index is 249. The van der Waals surface area contributed by atoms with E-state index in [1.165, 1.54) is 0 Å². The highest BCUT2D eigenvalue weighted by molar-refractivity contribution is 5.75. The Morgan fingerprint density at radius 1 is 1.18 bits per heavy atom. The SMILES string of the molecule is CC(C)(C)OC(=O)NCCNC(=O)CCCN. The standard InChI is InChI=1S/C11H23N3O3/c1-11(2,3)17-10(16)14-8-7-13-9(15)5-4-6-12/h4-8,12H2,1-3H3,(H,13,15)(H,14,16). The van der Waals surface area contributed by atoms with Crippen molar-refractivity contribution in [3.05, 3.63) is 0 Å². The van der Waals surface area contributed by atoms with Gasteiger partial charge in [-0.05, 0) is 33.7 Å². The maximum atomic E-state index is 11.2. The van der Waals surface area contributed by atoms with E-state index >= 15 is 0 Å². The molecule has 0 saturated heterocycles. The molecule has 0 spiro atoms. The van der Waals surface area contributed by atoms with E-state index in [9.17, 15) is 9.59 Å². The Kier molecular flexibility index (Phi) is 7.29. The summed E-state index contributed by atoms with van der Waals surface area (Å²) in [6.45, 7) is 6.62. The van der Waals surface area contributed by atoms with Gasteiger partial charge in [-0.25, -0.2) is 4.79 Å². The summed E-state index contributed by atoms with van der Waals surface area (Å²) in [4.78, 5) is 22.4. The third-order valence-electron chi connectivity index (χ3n) is 1.72. The number of hydrogen-bond acceptors (Lipinski definition) is 4. The number of alkyl carbamates (subject to hydrolysis) is 1. The zero-order chi connectivity index (χ0) is 13.3. The summed E-state index contributed by atoms with van der Waals surface area (Å²) in [5.41, 5.74) is 4.77. The third-order valence-corrected chi connectivity index (χ3v) is 1.72. The molecule has 100 valence electrons. The molecule has 0 radical (unpaired) electrons. The number of nitrogens with one attached hydrogen (secondary N) is 2. The zero-order valence-electron chi connectivity index (χ0n) is 10.8. The van der Waals surface area contributed by atoms with Crippen LogP contribution in [0.15, 0.2) is 0 Å². The fourth-order valence-corrected chi connectivity index (χ4v) is 1.03. The van der Waals surface area contributed by atoms with E-state index in [4.69, 9.17) is 10.5 Å². The summed E-state index contributed by atoms with van der Waals surface area (Å²) in [6.07, 6.45) is 0.613. The molecule has 0 fully saturated rings. The van der Waals surface area contributed by atoms with Crippen LogP contribution >= 0.6 is 0 Å². The predicted molar refractivity (Wildman–Crippen MR) is 65.5 cm³/mol.